The van der Waals surface area contributed by atoms with Gasteiger partial charge in [-0.05, 0) is 18.6 Å². The molecule has 0 saturated carbocycles. The maximum absolute atomic E-state index is 12.7. The molecule has 2 aliphatic rings. The van der Waals surface area contributed by atoms with E-state index in [0.29, 0.717) is 19.6 Å². The van der Waals surface area contributed by atoms with Gasteiger partial charge in [-0.25, -0.2) is 8.42 Å². The predicted octanol–water partition coefficient (Wildman–Crippen LogP) is -0.415. The number of hydrogen-bond donors (Lipinski definition) is 1. The number of amides is 1. The van der Waals surface area contributed by atoms with Crippen molar-refractivity contribution in [3.05, 3.63) is 30.3 Å². The Kier molecular flexibility index (Phi) is 5.19. The van der Waals surface area contributed by atoms with E-state index >= 15 is 0 Å². The summed E-state index contributed by atoms with van der Waals surface area (Å²) in [6.07, 6.45) is 0.958. The predicted molar refractivity (Wildman–Crippen MR) is 88.8 cm³/mol. The second-order valence-corrected chi connectivity index (χ2v) is 8.24. The van der Waals surface area contributed by atoms with E-state index in [9.17, 15) is 18.3 Å². The van der Waals surface area contributed by atoms with Gasteiger partial charge in [-0.1, -0.05) is 18.2 Å². The number of aliphatic hydroxyl groups excluding tert-OH is 1. The Balaban J connectivity index is 1.72. The molecular weight excluding hydrogens is 330 g/mol. The fourth-order valence-electron chi connectivity index (χ4n) is 3.43. The number of sulfonamides is 1. The van der Waals surface area contributed by atoms with E-state index in [0.717, 1.165) is 19.4 Å². The van der Waals surface area contributed by atoms with Crippen LogP contribution in [0.4, 0.5) is 0 Å². The summed E-state index contributed by atoms with van der Waals surface area (Å²) in [4.78, 5) is 15.0. The zero-order valence-electron chi connectivity index (χ0n) is 13.5. The molecular formula is C16H23N3O4S. The fraction of sp³-hybridized carbons (Fsp3) is 0.562. The molecule has 2 heterocycles. The number of β-amino-alcohol motifs (C(OH)–C–C–N with tert-alkyl or cyclic N) is 1. The third kappa shape index (κ3) is 3.46. The zero-order valence-corrected chi connectivity index (χ0v) is 14.3. The molecule has 0 aliphatic carbocycles. The highest BCUT2D eigenvalue weighted by atomic mass is 32.2. The molecule has 1 N–H and O–H groups in total. The molecule has 0 radical (unpaired) electrons. The lowest BCUT2D eigenvalue weighted by Gasteiger charge is -2.29. The minimum atomic E-state index is -3.59. The molecule has 7 nitrogen and oxygen atoms in total. The van der Waals surface area contributed by atoms with Crippen LogP contribution in [0.3, 0.4) is 0 Å². The maximum Gasteiger partial charge on any atom is 0.243 e. The third-order valence-corrected chi connectivity index (χ3v) is 6.64. The van der Waals surface area contributed by atoms with Crippen molar-refractivity contribution in [3.63, 3.8) is 0 Å². The Morgan fingerprint density at radius 1 is 1.04 bits per heavy atom. The van der Waals surface area contributed by atoms with E-state index in [1.165, 1.54) is 4.31 Å². The van der Waals surface area contributed by atoms with Crippen LogP contribution in [0.2, 0.25) is 0 Å². The van der Waals surface area contributed by atoms with Crippen molar-refractivity contribution in [2.24, 2.45) is 0 Å². The van der Waals surface area contributed by atoms with Crippen LogP contribution in [0.5, 0.6) is 0 Å². The molecule has 2 atom stereocenters. The summed E-state index contributed by atoms with van der Waals surface area (Å²) in [6, 6.07) is 8.08. The molecule has 2 fully saturated rings. The van der Waals surface area contributed by atoms with E-state index in [4.69, 9.17) is 0 Å². The average molecular weight is 353 g/mol. The summed E-state index contributed by atoms with van der Waals surface area (Å²) in [5.41, 5.74) is 0. The number of benzene rings is 1. The van der Waals surface area contributed by atoms with Crippen molar-refractivity contribution in [2.75, 3.05) is 39.3 Å². The van der Waals surface area contributed by atoms with E-state index in [-0.39, 0.29) is 24.0 Å². The summed E-state index contributed by atoms with van der Waals surface area (Å²) < 4.78 is 26.8. The van der Waals surface area contributed by atoms with Gasteiger partial charge < -0.3 is 10.0 Å². The maximum atomic E-state index is 12.7. The highest BCUT2D eigenvalue weighted by Gasteiger charge is 2.41. The molecule has 2 saturated heterocycles. The number of carbonyl (C=O) groups is 1. The van der Waals surface area contributed by atoms with Crippen molar-refractivity contribution < 1.29 is 18.3 Å². The second kappa shape index (κ2) is 7.18. The highest BCUT2D eigenvalue weighted by Crippen LogP contribution is 2.24. The lowest BCUT2D eigenvalue weighted by Crippen LogP contribution is -2.45. The highest BCUT2D eigenvalue weighted by molar-refractivity contribution is 7.89. The smallest absolute Gasteiger partial charge is 0.243 e. The van der Waals surface area contributed by atoms with Crippen molar-refractivity contribution in [1.82, 2.24) is 14.1 Å². The Bertz CT molecular complexity index is 667. The van der Waals surface area contributed by atoms with Gasteiger partial charge in [0, 0.05) is 39.3 Å². The SMILES string of the molecule is O=CN1CCCN([C@H]2CN(S(=O)(=O)c3ccccc3)C[C@@H]2O)CC1. The molecule has 8 heteroatoms. The van der Waals surface area contributed by atoms with Crippen LogP contribution in [-0.2, 0) is 14.8 Å². The Morgan fingerprint density at radius 3 is 2.50 bits per heavy atom. The van der Waals surface area contributed by atoms with Gasteiger partial charge in [0.15, 0.2) is 0 Å². The van der Waals surface area contributed by atoms with Crippen LogP contribution < -0.4 is 0 Å². The van der Waals surface area contributed by atoms with Crippen LogP contribution in [0.15, 0.2) is 35.2 Å². The molecule has 0 unspecified atom stereocenters. The first kappa shape index (κ1) is 17.3. The molecule has 0 bridgehead atoms. The number of hydrogen-bond acceptors (Lipinski definition) is 5. The minimum absolute atomic E-state index is 0.107. The van der Waals surface area contributed by atoms with Crippen LogP contribution in [0.25, 0.3) is 0 Å². The molecule has 24 heavy (non-hydrogen) atoms. The van der Waals surface area contributed by atoms with Crippen molar-refractivity contribution >= 4 is 16.4 Å². The fourth-order valence-corrected chi connectivity index (χ4v) is 4.92. The molecule has 0 aromatic heterocycles. The van der Waals surface area contributed by atoms with Crippen LogP contribution in [0, 0.1) is 0 Å². The lowest BCUT2D eigenvalue weighted by atomic mass is 10.2. The summed E-state index contributed by atoms with van der Waals surface area (Å²) in [5, 5.41) is 10.4. The first-order chi connectivity index (χ1) is 11.5. The lowest BCUT2D eigenvalue weighted by molar-refractivity contribution is -0.118. The second-order valence-electron chi connectivity index (χ2n) is 6.30. The van der Waals surface area contributed by atoms with Gasteiger partial charge in [-0.2, -0.15) is 4.31 Å². The monoisotopic (exact) mass is 353 g/mol. The molecule has 132 valence electrons. The van der Waals surface area contributed by atoms with Gasteiger partial charge in [0.05, 0.1) is 17.0 Å². The third-order valence-electron chi connectivity index (χ3n) is 4.79. The molecule has 0 spiro atoms. The van der Waals surface area contributed by atoms with Crippen molar-refractivity contribution in [3.8, 4) is 0 Å². The Morgan fingerprint density at radius 2 is 1.79 bits per heavy atom. The molecule has 1 aromatic rings. The van der Waals surface area contributed by atoms with Crippen LogP contribution in [0.1, 0.15) is 6.42 Å². The van der Waals surface area contributed by atoms with E-state index < -0.39 is 16.1 Å². The van der Waals surface area contributed by atoms with Gasteiger partial charge in [0.2, 0.25) is 16.4 Å². The first-order valence-electron chi connectivity index (χ1n) is 8.19. The van der Waals surface area contributed by atoms with E-state index in [2.05, 4.69) is 4.90 Å². The summed E-state index contributed by atoms with van der Waals surface area (Å²) in [6.45, 7) is 3.10. The minimum Gasteiger partial charge on any atom is -0.390 e. The largest absolute Gasteiger partial charge is 0.390 e. The Hall–Kier alpha value is -1.48. The normalized spacial score (nSPS) is 27.1. The van der Waals surface area contributed by atoms with Gasteiger partial charge in [-0.15, -0.1) is 0 Å². The number of carbonyl (C=O) groups excluding carboxylic acids is 1. The van der Waals surface area contributed by atoms with Gasteiger partial charge >= 0.3 is 0 Å². The number of rotatable bonds is 4. The van der Waals surface area contributed by atoms with Crippen LogP contribution >= 0.6 is 0 Å². The average Bonchev–Trinajstić information content (AvgIpc) is 2.84. The number of nitrogens with zero attached hydrogens (tertiary/aromatic N) is 3. The summed E-state index contributed by atoms with van der Waals surface area (Å²) >= 11 is 0. The number of aliphatic hydroxyl groups is 1. The Labute approximate surface area is 142 Å². The summed E-state index contributed by atoms with van der Waals surface area (Å²) in [5.74, 6) is 0. The van der Waals surface area contributed by atoms with E-state index in [1.807, 2.05) is 0 Å². The van der Waals surface area contributed by atoms with E-state index in [1.54, 1.807) is 35.2 Å². The van der Waals surface area contributed by atoms with Gasteiger partial charge in [0.25, 0.3) is 0 Å². The van der Waals surface area contributed by atoms with Crippen molar-refractivity contribution in [1.29, 1.82) is 0 Å². The van der Waals surface area contributed by atoms with Gasteiger partial charge in [-0.3, -0.25) is 9.69 Å². The van der Waals surface area contributed by atoms with Crippen molar-refractivity contribution in [2.45, 2.75) is 23.5 Å². The quantitative estimate of drug-likeness (QED) is 0.744. The standard InChI is InChI=1S/C16H23N3O4S/c20-13-17-7-4-8-18(10-9-17)15-11-19(12-16(15)21)24(22,23)14-5-2-1-3-6-14/h1-3,5-6,13,15-16,21H,4,7-12H2/t15-,16-/m0/s1. The zero-order chi connectivity index (χ0) is 17.2. The molecule has 3 rings (SSSR count). The molecule has 1 amide bonds. The summed E-state index contributed by atoms with van der Waals surface area (Å²) in [7, 11) is -3.59. The van der Waals surface area contributed by atoms with Gasteiger partial charge in [0.1, 0.15) is 0 Å². The topological polar surface area (TPSA) is 81.2 Å². The van der Waals surface area contributed by atoms with Crippen LogP contribution in [-0.4, -0.2) is 85.5 Å². The molecule has 2 aliphatic heterocycles. The first-order valence-corrected chi connectivity index (χ1v) is 9.63. The molecule has 1 aromatic carbocycles.